The van der Waals surface area contributed by atoms with Gasteiger partial charge in [-0.3, -0.25) is 0 Å². The van der Waals surface area contributed by atoms with Gasteiger partial charge >= 0.3 is 0 Å². The van der Waals surface area contributed by atoms with Gasteiger partial charge in [-0.05, 0) is 80.8 Å². The van der Waals surface area contributed by atoms with Crippen LogP contribution in [0.4, 0.5) is 11.6 Å². The molecule has 0 bridgehead atoms. The zero-order valence-electron chi connectivity index (χ0n) is 31.8. The number of ether oxygens (including phenoxy) is 4. The highest BCUT2D eigenvalue weighted by Crippen LogP contribution is 2.50. The molecular weight excluding hydrogens is 701 g/mol. The number of rotatable bonds is 16. The Hall–Kier alpha value is -4.71. The highest BCUT2D eigenvalue weighted by Gasteiger charge is 2.44. The fourth-order valence-electron chi connectivity index (χ4n) is 6.51. The van der Waals surface area contributed by atoms with Crippen LogP contribution in [-0.2, 0) is 24.1 Å². The van der Waals surface area contributed by atoms with E-state index in [0.717, 1.165) is 28.2 Å². The number of anilines is 2. The molecule has 1 aliphatic rings. The quantitative estimate of drug-likeness (QED) is 0.0510. The number of hydrogen-bond acceptors (Lipinski definition) is 11. The Morgan fingerprint density at radius 1 is 0.870 bits per heavy atom. The lowest BCUT2D eigenvalue weighted by Gasteiger charge is -2.39. The van der Waals surface area contributed by atoms with Crippen molar-refractivity contribution < 1.29 is 28.0 Å². The van der Waals surface area contributed by atoms with Crippen molar-refractivity contribution in [1.82, 2.24) is 9.65 Å². The summed E-state index contributed by atoms with van der Waals surface area (Å²) in [4.78, 5) is 4.15. The number of pyridine rings is 1. The number of methoxy groups -OCH3 is 2. The molecule has 284 valence electrons. The first-order valence-corrected chi connectivity index (χ1v) is 19.1. The van der Waals surface area contributed by atoms with Crippen LogP contribution in [0.5, 0.6) is 11.5 Å². The zero-order valence-corrected chi connectivity index (χ0v) is 32.7. The molecular formula is C42H50N5O6P. The van der Waals surface area contributed by atoms with E-state index in [-0.39, 0.29) is 37.5 Å². The fraction of sp³-hybridized carbons (Fsp3) is 0.381. The zero-order chi connectivity index (χ0) is 38.7. The van der Waals surface area contributed by atoms with Crippen molar-refractivity contribution in [3.63, 3.8) is 0 Å². The molecule has 1 unspecified atom stereocenters. The minimum atomic E-state index is -1.59. The summed E-state index contributed by atoms with van der Waals surface area (Å²) in [5.74, 6) is 8.41. The monoisotopic (exact) mass is 751 g/mol. The standard InChI is InChI=1S/C42H50N5O6P/c1-29(2)47(30(3)4)54(51-26-10-25-43)53-38-27-37(19-13-31-14-24-40(44)46-41(31)45)52-39(38)28-50-42(32-11-8-7-9-12-32,33-15-20-35(48-5)21-16-33)34-17-22-36(49-6)23-18-34/h7-9,11-12,14-18,20-24,29-30,37-39H,10,26-28H2,1-6H3,(H4,44,45,46)/t37-,38-,39+,54?/m0/s1. The van der Waals surface area contributed by atoms with Crippen molar-refractivity contribution in [2.75, 3.05) is 38.9 Å². The van der Waals surface area contributed by atoms with E-state index in [9.17, 15) is 5.26 Å². The summed E-state index contributed by atoms with van der Waals surface area (Å²) in [5.41, 5.74) is 14.2. The van der Waals surface area contributed by atoms with E-state index in [1.807, 2.05) is 66.7 Å². The largest absolute Gasteiger partial charge is 0.497 e. The van der Waals surface area contributed by atoms with Gasteiger partial charge < -0.3 is 39.5 Å². The lowest BCUT2D eigenvalue weighted by atomic mass is 9.80. The van der Waals surface area contributed by atoms with Crippen LogP contribution < -0.4 is 20.9 Å². The van der Waals surface area contributed by atoms with E-state index in [1.54, 1.807) is 26.4 Å². The Labute approximate surface area is 320 Å². The van der Waals surface area contributed by atoms with Crippen LogP contribution >= 0.6 is 8.53 Å². The van der Waals surface area contributed by atoms with Crippen LogP contribution in [0.1, 0.15) is 62.8 Å². The number of nitrogens with two attached hydrogens (primary N) is 2. The minimum absolute atomic E-state index is 0.114. The van der Waals surface area contributed by atoms with Crippen molar-refractivity contribution in [1.29, 1.82) is 5.26 Å². The Morgan fingerprint density at radius 2 is 1.46 bits per heavy atom. The predicted octanol–water partition coefficient (Wildman–Crippen LogP) is 7.44. The number of nitrogens with zero attached hydrogens (tertiary/aromatic N) is 3. The van der Waals surface area contributed by atoms with Gasteiger partial charge in [0.2, 0.25) is 0 Å². The third kappa shape index (κ3) is 9.68. The van der Waals surface area contributed by atoms with Crippen LogP contribution in [0.2, 0.25) is 0 Å². The molecule has 0 amide bonds. The third-order valence-corrected chi connectivity index (χ3v) is 11.2. The summed E-state index contributed by atoms with van der Waals surface area (Å²) in [7, 11) is 1.70. The van der Waals surface area contributed by atoms with E-state index in [1.165, 1.54) is 0 Å². The third-order valence-electron chi connectivity index (χ3n) is 9.04. The molecule has 4 atom stereocenters. The maximum absolute atomic E-state index is 9.31. The minimum Gasteiger partial charge on any atom is -0.497 e. The second-order valence-corrected chi connectivity index (χ2v) is 14.7. The maximum Gasteiger partial charge on any atom is 0.259 e. The van der Waals surface area contributed by atoms with Gasteiger partial charge in [0.1, 0.15) is 40.9 Å². The molecule has 1 aromatic heterocycles. The molecule has 2 heterocycles. The molecule has 0 radical (unpaired) electrons. The second kappa shape index (κ2) is 19.1. The van der Waals surface area contributed by atoms with Crippen LogP contribution in [-0.4, -0.2) is 67.5 Å². The van der Waals surface area contributed by atoms with Gasteiger partial charge in [-0.1, -0.05) is 66.4 Å². The summed E-state index contributed by atoms with van der Waals surface area (Å²) in [5, 5.41) is 9.31. The Morgan fingerprint density at radius 3 is 2.00 bits per heavy atom. The van der Waals surface area contributed by atoms with Gasteiger partial charge in [0.15, 0.2) is 0 Å². The first-order valence-electron chi connectivity index (χ1n) is 18.0. The Bertz CT molecular complexity index is 1840. The molecule has 1 saturated heterocycles. The average Bonchev–Trinajstić information content (AvgIpc) is 3.56. The lowest BCUT2D eigenvalue weighted by Crippen LogP contribution is -2.39. The van der Waals surface area contributed by atoms with Gasteiger partial charge in [-0.25, -0.2) is 9.65 Å². The molecule has 4 N–H and O–H groups in total. The lowest BCUT2D eigenvalue weighted by molar-refractivity contribution is -0.0736. The molecule has 1 aliphatic heterocycles. The average molecular weight is 752 g/mol. The summed E-state index contributed by atoms with van der Waals surface area (Å²) in [6, 6.07) is 31.7. The first kappa shape index (κ1) is 40.5. The van der Waals surface area contributed by atoms with Crippen molar-refractivity contribution in [2.45, 2.75) is 76.5 Å². The molecule has 0 aliphatic carbocycles. The van der Waals surface area contributed by atoms with E-state index < -0.39 is 32.4 Å². The van der Waals surface area contributed by atoms with Crippen molar-refractivity contribution in [3.8, 4) is 29.4 Å². The Balaban J connectivity index is 1.57. The molecule has 4 aromatic rings. The van der Waals surface area contributed by atoms with E-state index >= 15 is 0 Å². The van der Waals surface area contributed by atoms with E-state index in [0.29, 0.717) is 17.8 Å². The fourth-order valence-corrected chi connectivity index (χ4v) is 8.27. The summed E-state index contributed by atoms with van der Waals surface area (Å²) >= 11 is 0. The molecule has 1 fully saturated rings. The molecule has 3 aromatic carbocycles. The highest BCUT2D eigenvalue weighted by molar-refractivity contribution is 7.44. The van der Waals surface area contributed by atoms with Crippen molar-refractivity contribution in [3.05, 3.63) is 113 Å². The van der Waals surface area contributed by atoms with Gasteiger partial charge in [-0.15, -0.1) is 0 Å². The number of benzene rings is 3. The van der Waals surface area contributed by atoms with E-state index in [4.69, 9.17) is 39.5 Å². The van der Waals surface area contributed by atoms with E-state index in [2.05, 4.69) is 67.4 Å². The van der Waals surface area contributed by atoms with Crippen molar-refractivity contribution >= 4 is 20.2 Å². The summed E-state index contributed by atoms with van der Waals surface area (Å²) in [6.07, 6.45) is -0.863. The molecule has 12 heteroatoms. The maximum atomic E-state index is 9.31. The smallest absolute Gasteiger partial charge is 0.259 e. The van der Waals surface area contributed by atoms with Crippen LogP contribution in [0.15, 0.2) is 91.0 Å². The van der Waals surface area contributed by atoms with Gasteiger partial charge in [0.05, 0.1) is 51.6 Å². The van der Waals surface area contributed by atoms with Crippen LogP contribution in [0.25, 0.3) is 0 Å². The van der Waals surface area contributed by atoms with Crippen LogP contribution in [0.3, 0.4) is 0 Å². The topological polar surface area (TPSA) is 147 Å². The Kier molecular flexibility index (Phi) is 14.3. The molecule has 0 spiro atoms. The normalized spacial score (nSPS) is 17.6. The summed E-state index contributed by atoms with van der Waals surface area (Å²) in [6.45, 7) is 8.80. The van der Waals surface area contributed by atoms with Gasteiger partial charge in [-0.2, -0.15) is 5.26 Å². The summed E-state index contributed by atoms with van der Waals surface area (Å²) < 4.78 is 40.5. The predicted molar refractivity (Wildman–Crippen MR) is 212 cm³/mol. The number of hydrogen-bond donors (Lipinski definition) is 2. The second-order valence-electron chi connectivity index (χ2n) is 13.3. The molecule has 11 nitrogen and oxygen atoms in total. The number of nitriles is 1. The van der Waals surface area contributed by atoms with Gasteiger partial charge in [0, 0.05) is 18.5 Å². The molecule has 54 heavy (non-hydrogen) atoms. The van der Waals surface area contributed by atoms with Crippen LogP contribution in [0, 0.1) is 23.2 Å². The molecule has 5 rings (SSSR count). The number of aromatic nitrogens is 1. The SMILES string of the molecule is COc1ccc(C(OC[C@H]2O[C@@H](C#Cc3ccc(N)nc3N)C[C@@H]2OP(OCCC#N)N(C(C)C)C(C)C)(c2ccccc2)c2ccc(OC)cc2)cc1. The van der Waals surface area contributed by atoms with Gasteiger partial charge in [0.25, 0.3) is 8.53 Å². The highest BCUT2D eigenvalue weighted by atomic mass is 31.2. The number of nitrogen functional groups attached to an aromatic ring is 2. The molecule has 0 saturated carbocycles. The first-order chi connectivity index (χ1) is 26.1. The van der Waals surface area contributed by atoms with Crippen molar-refractivity contribution in [2.24, 2.45) is 0 Å².